The summed E-state index contributed by atoms with van der Waals surface area (Å²) in [6.07, 6.45) is 2.45. The third kappa shape index (κ3) is 3.41. The summed E-state index contributed by atoms with van der Waals surface area (Å²) in [6, 6.07) is 10.2. The van der Waals surface area contributed by atoms with Crippen molar-refractivity contribution in [2.75, 3.05) is 6.61 Å². The Morgan fingerprint density at radius 3 is 2.64 bits per heavy atom. The SMILES string of the molecule is Cc1ccc([C@@]2(N[S+]([O-])C(C)(C)C)CCOc3cccnc32)cc1C. The summed E-state index contributed by atoms with van der Waals surface area (Å²) in [6.45, 7) is 10.7. The molecule has 134 valence electrons. The first-order chi connectivity index (χ1) is 11.7. The smallest absolute Gasteiger partial charge is 0.143 e. The highest BCUT2D eigenvalue weighted by Gasteiger charge is 2.46. The van der Waals surface area contributed by atoms with Crippen LogP contribution in [0.5, 0.6) is 5.75 Å². The van der Waals surface area contributed by atoms with E-state index >= 15 is 0 Å². The molecule has 2 heterocycles. The van der Waals surface area contributed by atoms with Gasteiger partial charge in [-0.3, -0.25) is 4.98 Å². The molecule has 0 radical (unpaired) electrons. The zero-order valence-electron chi connectivity index (χ0n) is 15.6. The second kappa shape index (κ2) is 6.63. The predicted octanol–water partition coefficient (Wildman–Crippen LogP) is 3.78. The number of ether oxygens (including phenoxy) is 1. The third-order valence-corrected chi connectivity index (χ3v) is 6.38. The quantitative estimate of drug-likeness (QED) is 0.849. The van der Waals surface area contributed by atoms with Gasteiger partial charge >= 0.3 is 0 Å². The van der Waals surface area contributed by atoms with Crippen LogP contribution in [-0.2, 0) is 16.9 Å². The molecular weight excluding hydrogens is 332 g/mol. The Morgan fingerprint density at radius 1 is 1.20 bits per heavy atom. The van der Waals surface area contributed by atoms with Gasteiger partial charge in [-0.05, 0) is 63.4 Å². The number of hydrogen-bond acceptors (Lipinski definition) is 4. The number of hydrogen-bond donors (Lipinski definition) is 1. The monoisotopic (exact) mass is 358 g/mol. The van der Waals surface area contributed by atoms with Gasteiger partial charge in [0.2, 0.25) is 0 Å². The summed E-state index contributed by atoms with van der Waals surface area (Å²) < 4.78 is 21.9. The number of nitrogens with one attached hydrogen (secondary N) is 1. The molecule has 3 rings (SSSR count). The number of aryl methyl sites for hydroxylation is 2. The van der Waals surface area contributed by atoms with Gasteiger partial charge in [-0.25, -0.2) is 0 Å². The van der Waals surface area contributed by atoms with E-state index in [9.17, 15) is 4.55 Å². The Kier molecular flexibility index (Phi) is 4.84. The number of benzene rings is 1. The van der Waals surface area contributed by atoms with Crippen LogP contribution in [0.4, 0.5) is 0 Å². The van der Waals surface area contributed by atoms with Crippen LogP contribution in [0.3, 0.4) is 0 Å². The molecule has 0 saturated heterocycles. The van der Waals surface area contributed by atoms with Crippen molar-refractivity contribution >= 4 is 11.4 Å². The van der Waals surface area contributed by atoms with E-state index in [1.54, 1.807) is 6.20 Å². The van der Waals surface area contributed by atoms with Crippen LogP contribution in [-0.4, -0.2) is 20.9 Å². The van der Waals surface area contributed by atoms with E-state index in [4.69, 9.17) is 4.74 Å². The minimum absolute atomic E-state index is 0.375. The first-order valence-electron chi connectivity index (χ1n) is 8.60. The van der Waals surface area contributed by atoms with E-state index < -0.39 is 16.9 Å². The highest BCUT2D eigenvalue weighted by atomic mass is 32.2. The van der Waals surface area contributed by atoms with Gasteiger partial charge in [-0.1, -0.05) is 18.2 Å². The van der Waals surface area contributed by atoms with Gasteiger partial charge in [0.25, 0.3) is 0 Å². The fraction of sp³-hybridized carbons (Fsp3) is 0.450. The van der Waals surface area contributed by atoms with E-state index in [1.165, 1.54) is 11.1 Å². The lowest BCUT2D eigenvalue weighted by Crippen LogP contribution is -2.54. The summed E-state index contributed by atoms with van der Waals surface area (Å²) >= 11 is -1.24. The van der Waals surface area contributed by atoms with Crippen molar-refractivity contribution in [3.8, 4) is 5.75 Å². The van der Waals surface area contributed by atoms with Crippen LogP contribution in [0.1, 0.15) is 49.6 Å². The van der Waals surface area contributed by atoms with Crippen LogP contribution < -0.4 is 9.46 Å². The fourth-order valence-corrected chi connectivity index (χ4v) is 3.96. The molecule has 0 amide bonds. The number of nitrogens with zero attached hydrogens (tertiary/aromatic N) is 1. The average molecular weight is 359 g/mol. The molecule has 0 spiro atoms. The fourth-order valence-electron chi connectivity index (χ4n) is 3.02. The van der Waals surface area contributed by atoms with Crippen molar-refractivity contribution in [2.45, 2.75) is 51.3 Å². The number of fused-ring (bicyclic) bond motifs is 1. The summed E-state index contributed by atoms with van der Waals surface area (Å²) in [5.41, 5.74) is 3.72. The van der Waals surface area contributed by atoms with Crippen molar-refractivity contribution in [1.82, 2.24) is 9.71 Å². The third-order valence-electron chi connectivity index (χ3n) is 4.73. The van der Waals surface area contributed by atoms with E-state index in [-0.39, 0.29) is 4.75 Å². The average Bonchev–Trinajstić information content (AvgIpc) is 2.56. The molecule has 1 aliphatic rings. The molecule has 1 unspecified atom stereocenters. The van der Waals surface area contributed by atoms with E-state index in [0.29, 0.717) is 13.0 Å². The van der Waals surface area contributed by atoms with Gasteiger partial charge in [0, 0.05) is 24.0 Å². The molecule has 0 fully saturated rings. The predicted molar refractivity (Wildman–Crippen MR) is 102 cm³/mol. The molecule has 2 atom stereocenters. The zero-order chi connectivity index (χ0) is 18.2. The van der Waals surface area contributed by atoms with E-state index in [0.717, 1.165) is 17.0 Å². The first-order valence-corrected chi connectivity index (χ1v) is 9.75. The molecule has 4 nitrogen and oxygen atoms in total. The highest BCUT2D eigenvalue weighted by molar-refractivity contribution is 7.90. The van der Waals surface area contributed by atoms with Crippen molar-refractivity contribution in [3.05, 3.63) is 58.9 Å². The van der Waals surface area contributed by atoms with Crippen LogP contribution in [0, 0.1) is 13.8 Å². The molecule has 1 aromatic carbocycles. The first kappa shape index (κ1) is 18.2. The largest absolute Gasteiger partial charge is 0.598 e. The van der Waals surface area contributed by atoms with Crippen molar-refractivity contribution in [1.29, 1.82) is 0 Å². The maximum absolute atomic E-state index is 13.0. The molecular formula is C20H26N2O2S. The molecule has 25 heavy (non-hydrogen) atoms. The minimum Gasteiger partial charge on any atom is -0.598 e. The molecule has 1 aliphatic heterocycles. The maximum atomic E-state index is 13.0. The Bertz CT molecular complexity index is 773. The maximum Gasteiger partial charge on any atom is 0.143 e. The molecule has 1 aromatic heterocycles. The zero-order valence-corrected chi connectivity index (χ0v) is 16.4. The molecule has 2 aromatic rings. The Balaban J connectivity index is 2.18. The van der Waals surface area contributed by atoms with Crippen molar-refractivity contribution in [2.24, 2.45) is 0 Å². The lowest BCUT2D eigenvalue weighted by atomic mass is 9.81. The van der Waals surface area contributed by atoms with Gasteiger partial charge in [0.1, 0.15) is 21.7 Å². The van der Waals surface area contributed by atoms with Gasteiger partial charge in [0.05, 0.1) is 6.61 Å². The summed E-state index contributed by atoms with van der Waals surface area (Å²) in [5.74, 6) is 0.755. The van der Waals surface area contributed by atoms with Crippen LogP contribution >= 0.6 is 0 Å². The van der Waals surface area contributed by atoms with E-state index in [1.807, 2.05) is 32.9 Å². The van der Waals surface area contributed by atoms with Gasteiger partial charge in [0.15, 0.2) is 0 Å². The highest BCUT2D eigenvalue weighted by Crippen LogP contribution is 2.42. The minimum atomic E-state index is -1.24. The second-order valence-electron chi connectivity index (χ2n) is 7.64. The number of pyridine rings is 1. The van der Waals surface area contributed by atoms with Gasteiger partial charge in [-0.2, -0.15) is 0 Å². The Labute approximate surface area is 153 Å². The number of aromatic nitrogens is 1. The summed E-state index contributed by atoms with van der Waals surface area (Å²) in [4.78, 5) is 4.61. The van der Waals surface area contributed by atoms with Gasteiger partial charge < -0.3 is 9.29 Å². The molecule has 1 N–H and O–H groups in total. The normalized spacial score (nSPS) is 21.4. The second-order valence-corrected chi connectivity index (χ2v) is 9.60. The van der Waals surface area contributed by atoms with Crippen LogP contribution in [0.25, 0.3) is 0 Å². The Hall–Kier alpha value is -1.56. The lowest BCUT2D eigenvalue weighted by Gasteiger charge is -2.40. The van der Waals surface area contributed by atoms with Crippen molar-refractivity contribution in [3.63, 3.8) is 0 Å². The number of rotatable bonds is 3. The van der Waals surface area contributed by atoms with E-state index in [2.05, 4.69) is 41.8 Å². The molecule has 0 saturated carbocycles. The van der Waals surface area contributed by atoms with Crippen LogP contribution in [0.2, 0.25) is 0 Å². The summed E-state index contributed by atoms with van der Waals surface area (Å²) in [5, 5.41) is 0. The van der Waals surface area contributed by atoms with Crippen LogP contribution in [0.15, 0.2) is 36.5 Å². The molecule has 0 aliphatic carbocycles. The van der Waals surface area contributed by atoms with Gasteiger partial charge in [-0.15, -0.1) is 4.72 Å². The molecule has 5 heteroatoms. The Morgan fingerprint density at radius 2 is 1.96 bits per heavy atom. The summed E-state index contributed by atoms with van der Waals surface area (Å²) in [7, 11) is 0. The molecule has 0 bridgehead atoms. The lowest BCUT2D eigenvalue weighted by molar-refractivity contribution is 0.221. The standard InChI is InChI=1S/C20H26N2O2S/c1-14-8-9-16(13-15(14)2)20(22-25(23)19(3,4)5)10-12-24-17-7-6-11-21-18(17)20/h6-9,11,13,22H,10,12H2,1-5H3/t20-,25?/m0/s1. The van der Waals surface area contributed by atoms with Crippen molar-refractivity contribution < 1.29 is 9.29 Å². The topological polar surface area (TPSA) is 57.2 Å².